The summed E-state index contributed by atoms with van der Waals surface area (Å²) in [7, 11) is 0. The van der Waals surface area contributed by atoms with Crippen molar-refractivity contribution in [2.45, 2.75) is 5.41 Å². The van der Waals surface area contributed by atoms with Gasteiger partial charge in [-0.2, -0.15) is 0 Å². The molecule has 0 N–H and O–H groups in total. The van der Waals surface area contributed by atoms with E-state index in [-0.39, 0.29) is 0 Å². The third kappa shape index (κ3) is 3.08. The summed E-state index contributed by atoms with van der Waals surface area (Å²) in [5, 5.41) is 2.74. The van der Waals surface area contributed by atoms with Crippen molar-refractivity contribution in [3.63, 3.8) is 0 Å². The molecule has 0 bridgehead atoms. The zero-order valence-corrected chi connectivity index (χ0v) is 25.7. The molecule has 11 rings (SSSR count). The van der Waals surface area contributed by atoms with Gasteiger partial charge in [0.05, 0.1) is 5.41 Å². The molecule has 8 aromatic rings. The van der Waals surface area contributed by atoms with Crippen molar-refractivity contribution in [2.75, 3.05) is 0 Å². The Morgan fingerprint density at radius 3 is 1.62 bits per heavy atom. The predicted octanol–water partition coefficient (Wildman–Crippen LogP) is 12.2. The van der Waals surface area contributed by atoms with Crippen LogP contribution in [0.25, 0.3) is 77.5 Å². The van der Waals surface area contributed by atoms with Crippen molar-refractivity contribution < 1.29 is 0 Å². The summed E-state index contributed by atoms with van der Waals surface area (Å²) in [6.07, 6.45) is 0. The normalized spacial score (nSPS) is 15.7. The van der Waals surface area contributed by atoms with Crippen LogP contribution in [-0.4, -0.2) is 0 Å². The van der Waals surface area contributed by atoms with E-state index in [1.807, 2.05) is 0 Å². The molecule has 1 spiro atoms. The monoisotopic (exact) mass is 592 g/mol. The van der Waals surface area contributed by atoms with Gasteiger partial charge < -0.3 is 0 Å². The highest BCUT2D eigenvalue weighted by atomic mass is 14.5. The van der Waals surface area contributed by atoms with Gasteiger partial charge in [-0.25, -0.2) is 0 Å². The fraction of sp³-hybridized carbons (Fsp3) is 0.0213. The van der Waals surface area contributed by atoms with E-state index in [0.29, 0.717) is 0 Å². The molecule has 0 amide bonds. The first kappa shape index (κ1) is 25.2. The molecule has 1 atom stereocenters. The molecule has 0 radical (unpaired) electrons. The molecule has 0 aliphatic heterocycles. The molecule has 0 fully saturated rings. The smallest absolute Gasteiger partial charge is 0.0622 e. The van der Waals surface area contributed by atoms with E-state index in [1.54, 1.807) is 0 Å². The highest BCUT2D eigenvalue weighted by Gasteiger charge is 2.53. The largest absolute Gasteiger partial charge is 0.0731 e. The molecular formula is C47H28. The lowest BCUT2D eigenvalue weighted by atomic mass is 9.68. The first-order chi connectivity index (χ1) is 23.3. The maximum Gasteiger partial charge on any atom is 0.0731 e. The van der Waals surface area contributed by atoms with Gasteiger partial charge in [-0.15, -0.1) is 0 Å². The Hall–Kier alpha value is -5.98. The first-order valence-corrected chi connectivity index (χ1v) is 16.5. The number of hydrogen-bond donors (Lipinski definition) is 0. The topological polar surface area (TPSA) is 0 Å². The maximum atomic E-state index is 2.56. The van der Waals surface area contributed by atoms with E-state index < -0.39 is 5.41 Å². The van der Waals surface area contributed by atoms with E-state index in [0.717, 1.165) is 0 Å². The van der Waals surface area contributed by atoms with Crippen molar-refractivity contribution >= 4 is 10.8 Å². The fourth-order valence-corrected chi connectivity index (χ4v) is 9.27. The van der Waals surface area contributed by atoms with E-state index in [9.17, 15) is 0 Å². The number of hydrogen-bond acceptors (Lipinski definition) is 0. The summed E-state index contributed by atoms with van der Waals surface area (Å²) in [6, 6.07) is 63.6. The molecule has 8 aromatic carbocycles. The molecule has 0 heteroatoms. The van der Waals surface area contributed by atoms with E-state index >= 15 is 0 Å². The van der Waals surface area contributed by atoms with E-state index in [2.05, 4.69) is 170 Å². The van der Waals surface area contributed by atoms with Gasteiger partial charge in [0, 0.05) is 0 Å². The molecule has 3 aliphatic carbocycles. The van der Waals surface area contributed by atoms with Crippen LogP contribution in [0.4, 0.5) is 0 Å². The van der Waals surface area contributed by atoms with Crippen LogP contribution in [0.1, 0.15) is 22.3 Å². The second kappa shape index (κ2) is 9.06. The zero-order valence-electron chi connectivity index (χ0n) is 25.7. The second-order valence-corrected chi connectivity index (χ2v) is 13.1. The number of fused-ring (bicyclic) bond motifs is 14. The SMILES string of the molecule is c1ccc(-c2ccc(-c3cccc4c3C3(c5ccccc5-4)c4ccccc4-c4c3cc3c5c(cccc45)-c4ccccc4-3)cc2)cc1. The minimum Gasteiger partial charge on any atom is -0.0622 e. The maximum absolute atomic E-state index is 2.56. The van der Waals surface area contributed by atoms with Crippen LogP contribution in [0.15, 0.2) is 170 Å². The quantitative estimate of drug-likeness (QED) is 0.187. The summed E-state index contributed by atoms with van der Waals surface area (Å²) in [5.74, 6) is 0. The van der Waals surface area contributed by atoms with Crippen LogP contribution in [0.3, 0.4) is 0 Å². The Bertz CT molecular complexity index is 2600. The van der Waals surface area contributed by atoms with Gasteiger partial charge in [-0.1, -0.05) is 164 Å². The van der Waals surface area contributed by atoms with Crippen molar-refractivity contribution in [1.82, 2.24) is 0 Å². The van der Waals surface area contributed by atoms with Gasteiger partial charge in [-0.05, 0) is 106 Å². The van der Waals surface area contributed by atoms with Crippen molar-refractivity contribution in [3.8, 4) is 66.8 Å². The molecule has 216 valence electrons. The standard InChI is InChI=1S/C47H28/c1-2-12-29(13-3-1)30-24-26-31(27-25-30)32-18-10-20-37-35-16-6-8-22-41(35)47(46(32)37)42-23-9-7-17-38(42)45-39-21-11-19-36-33-14-4-5-15-34(33)40(44(36)39)28-43(45)47/h1-28H. The lowest BCUT2D eigenvalue weighted by Gasteiger charge is -2.32. The van der Waals surface area contributed by atoms with Crippen molar-refractivity contribution in [1.29, 1.82) is 0 Å². The van der Waals surface area contributed by atoms with Gasteiger partial charge in [0.2, 0.25) is 0 Å². The summed E-state index contributed by atoms with van der Waals surface area (Å²) in [5.41, 5.74) is 20.9. The molecule has 0 saturated heterocycles. The molecule has 0 heterocycles. The Balaban J connectivity index is 1.27. The minimum absolute atomic E-state index is 0.440. The van der Waals surface area contributed by atoms with Crippen LogP contribution >= 0.6 is 0 Å². The molecular weight excluding hydrogens is 565 g/mol. The van der Waals surface area contributed by atoms with Crippen molar-refractivity contribution in [3.05, 3.63) is 192 Å². The third-order valence-corrected chi connectivity index (χ3v) is 11.0. The third-order valence-electron chi connectivity index (χ3n) is 11.0. The molecule has 0 saturated carbocycles. The molecule has 1 unspecified atom stereocenters. The van der Waals surface area contributed by atoms with Gasteiger partial charge in [0.25, 0.3) is 0 Å². The summed E-state index contributed by atoms with van der Waals surface area (Å²) < 4.78 is 0. The average molecular weight is 593 g/mol. The van der Waals surface area contributed by atoms with Gasteiger partial charge in [-0.3, -0.25) is 0 Å². The molecule has 3 aliphatic rings. The highest BCUT2D eigenvalue weighted by molar-refractivity contribution is 6.21. The molecule has 0 aromatic heterocycles. The van der Waals surface area contributed by atoms with Crippen LogP contribution in [0, 0.1) is 0 Å². The summed E-state index contributed by atoms with van der Waals surface area (Å²) in [4.78, 5) is 0. The fourth-order valence-electron chi connectivity index (χ4n) is 9.27. The van der Waals surface area contributed by atoms with Gasteiger partial charge in [0.15, 0.2) is 0 Å². The summed E-state index contributed by atoms with van der Waals surface area (Å²) >= 11 is 0. The van der Waals surface area contributed by atoms with E-state index in [4.69, 9.17) is 0 Å². The minimum atomic E-state index is -0.440. The summed E-state index contributed by atoms with van der Waals surface area (Å²) in [6.45, 7) is 0. The lowest BCUT2D eigenvalue weighted by Crippen LogP contribution is -2.26. The Labute approximate surface area is 274 Å². The molecule has 0 nitrogen and oxygen atoms in total. The van der Waals surface area contributed by atoms with Crippen molar-refractivity contribution in [2.24, 2.45) is 0 Å². The van der Waals surface area contributed by atoms with Crippen LogP contribution in [-0.2, 0) is 5.41 Å². The Morgan fingerprint density at radius 2 is 0.830 bits per heavy atom. The number of benzene rings is 8. The predicted molar refractivity (Wildman–Crippen MR) is 196 cm³/mol. The van der Waals surface area contributed by atoms with Crippen LogP contribution in [0.2, 0.25) is 0 Å². The van der Waals surface area contributed by atoms with Crippen LogP contribution in [0.5, 0.6) is 0 Å². The van der Waals surface area contributed by atoms with E-state index in [1.165, 1.54) is 99.8 Å². The highest BCUT2D eigenvalue weighted by Crippen LogP contribution is 2.66. The van der Waals surface area contributed by atoms with Gasteiger partial charge >= 0.3 is 0 Å². The average Bonchev–Trinajstić information content (AvgIpc) is 3.75. The van der Waals surface area contributed by atoms with Gasteiger partial charge in [0.1, 0.15) is 0 Å². The first-order valence-electron chi connectivity index (χ1n) is 16.5. The molecule has 47 heavy (non-hydrogen) atoms. The Kier molecular flexibility index (Phi) is 4.86. The second-order valence-electron chi connectivity index (χ2n) is 13.1. The Morgan fingerprint density at radius 1 is 0.298 bits per heavy atom. The zero-order chi connectivity index (χ0) is 30.7. The lowest BCUT2D eigenvalue weighted by molar-refractivity contribution is 0.797. The van der Waals surface area contributed by atoms with Crippen LogP contribution < -0.4 is 0 Å². The number of rotatable bonds is 2.